The van der Waals surface area contributed by atoms with Crippen LogP contribution in [0.1, 0.15) is 19.8 Å². The Labute approximate surface area is 62.9 Å². The van der Waals surface area contributed by atoms with Crippen molar-refractivity contribution in [1.82, 2.24) is 5.32 Å². The molecule has 0 aromatic carbocycles. The molecule has 0 heterocycles. The normalized spacial score (nSPS) is 14.3. The Morgan fingerprint density at radius 1 is 1.60 bits per heavy atom. The molecular formula is C8H17NO. The lowest BCUT2D eigenvalue weighted by atomic mass is 10.2. The summed E-state index contributed by atoms with van der Waals surface area (Å²) in [7, 11) is 1.90. The molecule has 0 aliphatic heterocycles. The van der Waals surface area contributed by atoms with E-state index >= 15 is 0 Å². The van der Waals surface area contributed by atoms with Crippen LogP contribution in [0.4, 0.5) is 0 Å². The summed E-state index contributed by atoms with van der Waals surface area (Å²) in [6.07, 6.45) is 6.06. The number of likely N-dealkylation sites (N-methyl/N-ethyl adjacent to an activating group) is 1. The number of hydrogen-bond acceptors (Lipinski definition) is 2. The molecule has 0 aliphatic rings. The quantitative estimate of drug-likeness (QED) is 0.561. The molecule has 10 heavy (non-hydrogen) atoms. The van der Waals surface area contributed by atoms with Crippen LogP contribution >= 0.6 is 0 Å². The van der Waals surface area contributed by atoms with Gasteiger partial charge >= 0.3 is 0 Å². The number of rotatable bonds is 5. The Kier molecular flexibility index (Phi) is 6.55. The molecular weight excluding hydrogens is 126 g/mol. The van der Waals surface area contributed by atoms with E-state index in [0.29, 0.717) is 6.04 Å². The highest BCUT2D eigenvalue weighted by Crippen LogP contribution is 1.92. The fourth-order valence-corrected chi connectivity index (χ4v) is 0.776. The van der Waals surface area contributed by atoms with E-state index in [1.165, 1.54) is 0 Å². The number of allylic oxidation sites excluding steroid dienone is 1. The highest BCUT2D eigenvalue weighted by molar-refractivity contribution is 4.91. The molecule has 0 radical (unpaired) electrons. The molecule has 0 saturated heterocycles. The van der Waals surface area contributed by atoms with Crippen LogP contribution in [-0.2, 0) is 0 Å². The zero-order valence-electron chi connectivity index (χ0n) is 6.80. The summed E-state index contributed by atoms with van der Waals surface area (Å²) in [5.41, 5.74) is 0. The maximum atomic E-state index is 8.59. The maximum Gasteiger partial charge on any atom is 0.0448 e. The fraction of sp³-hybridized carbons (Fsp3) is 0.750. The molecule has 0 aromatic rings. The van der Waals surface area contributed by atoms with E-state index in [0.717, 1.165) is 12.8 Å². The first-order valence-electron chi connectivity index (χ1n) is 3.80. The second-order valence-corrected chi connectivity index (χ2v) is 2.24. The smallest absolute Gasteiger partial charge is 0.0448 e. The molecule has 0 fully saturated rings. The van der Waals surface area contributed by atoms with Crippen molar-refractivity contribution in [2.24, 2.45) is 0 Å². The van der Waals surface area contributed by atoms with E-state index in [4.69, 9.17) is 5.11 Å². The lowest BCUT2D eigenvalue weighted by Crippen LogP contribution is -2.23. The van der Waals surface area contributed by atoms with Crippen LogP contribution in [-0.4, -0.2) is 24.8 Å². The standard InChI is InChI=1S/C8H17NO/c1-3-4-5-8(9-2)6-7-10/h4-5,8-10H,3,6-7H2,1-2H3/b5-4+/t8-/m1/s1. The third kappa shape index (κ3) is 4.53. The molecule has 0 aliphatic carbocycles. The third-order valence-corrected chi connectivity index (χ3v) is 1.41. The fourth-order valence-electron chi connectivity index (χ4n) is 0.776. The van der Waals surface area contributed by atoms with Crippen LogP contribution in [0.5, 0.6) is 0 Å². The number of hydrogen-bond donors (Lipinski definition) is 2. The van der Waals surface area contributed by atoms with Gasteiger partial charge in [-0.2, -0.15) is 0 Å². The van der Waals surface area contributed by atoms with Crippen LogP contribution in [0.2, 0.25) is 0 Å². The molecule has 0 unspecified atom stereocenters. The summed E-state index contributed by atoms with van der Waals surface area (Å²) < 4.78 is 0. The molecule has 2 N–H and O–H groups in total. The van der Waals surface area contributed by atoms with E-state index in [9.17, 15) is 0 Å². The summed E-state index contributed by atoms with van der Waals surface area (Å²) in [5, 5.41) is 11.7. The lowest BCUT2D eigenvalue weighted by molar-refractivity contribution is 0.277. The summed E-state index contributed by atoms with van der Waals surface area (Å²) in [6, 6.07) is 0.338. The van der Waals surface area contributed by atoms with Crippen LogP contribution in [0.15, 0.2) is 12.2 Å². The van der Waals surface area contributed by atoms with Gasteiger partial charge in [-0.3, -0.25) is 0 Å². The Morgan fingerprint density at radius 2 is 2.30 bits per heavy atom. The SMILES string of the molecule is CC/C=C/[C@H](CCO)NC. The first kappa shape index (κ1) is 9.66. The van der Waals surface area contributed by atoms with Gasteiger partial charge in [0.2, 0.25) is 0 Å². The average molecular weight is 143 g/mol. The van der Waals surface area contributed by atoms with Gasteiger partial charge in [0.05, 0.1) is 0 Å². The van der Waals surface area contributed by atoms with Crippen molar-refractivity contribution in [2.45, 2.75) is 25.8 Å². The lowest BCUT2D eigenvalue weighted by Gasteiger charge is -2.08. The Hall–Kier alpha value is -0.340. The van der Waals surface area contributed by atoms with Gasteiger partial charge in [0.15, 0.2) is 0 Å². The van der Waals surface area contributed by atoms with Crippen LogP contribution in [0.3, 0.4) is 0 Å². The van der Waals surface area contributed by atoms with Gasteiger partial charge in [0, 0.05) is 12.6 Å². The van der Waals surface area contributed by atoms with E-state index in [1.54, 1.807) is 0 Å². The van der Waals surface area contributed by atoms with Gasteiger partial charge in [0.25, 0.3) is 0 Å². The molecule has 0 amide bonds. The minimum Gasteiger partial charge on any atom is -0.396 e. The predicted octanol–water partition coefficient (Wildman–Crippen LogP) is 0.923. The van der Waals surface area contributed by atoms with Gasteiger partial charge in [0.1, 0.15) is 0 Å². The van der Waals surface area contributed by atoms with E-state index < -0.39 is 0 Å². The minimum atomic E-state index is 0.250. The summed E-state index contributed by atoms with van der Waals surface area (Å²) in [6.45, 7) is 2.35. The van der Waals surface area contributed by atoms with Gasteiger partial charge in [-0.15, -0.1) is 0 Å². The van der Waals surface area contributed by atoms with Crippen molar-refractivity contribution >= 4 is 0 Å². The van der Waals surface area contributed by atoms with Gasteiger partial charge < -0.3 is 10.4 Å². The number of aliphatic hydroxyl groups is 1. The van der Waals surface area contributed by atoms with Crippen molar-refractivity contribution in [3.63, 3.8) is 0 Å². The third-order valence-electron chi connectivity index (χ3n) is 1.41. The van der Waals surface area contributed by atoms with Crippen molar-refractivity contribution < 1.29 is 5.11 Å². The molecule has 0 saturated carbocycles. The Morgan fingerprint density at radius 3 is 2.70 bits per heavy atom. The highest BCUT2D eigenvalue weighted by Gasteiger charge is 1.96. The number of aliphatic hydroxyl groups excluding tert-OH is 1. The Bertz CT molecular complexity index is 91.3. The number of nitrogens with one attached hydrogen (secondary N) is 1. The van der Waals surface area contributed by atoms with Crippen molar-refractivity contribution in [2.75, 3.05) is 13.7 Å². The van der Waals surface area contributed by atoms with E-state index in [2.05, 4.69) is 24.4 Å². The summed E-state index contributed by atoms with van der Waals surface area (Å²) in [5.74, 6) is 0. The van der Waals surface area contributed by atoms with Crippen LogP contribution in [0, 0.1) is 0 Å². The first-order valence-corrected chi connectivity index (χ1v) is 3.80. The summed E-state index contributed by atoms with van der Waals surface area (Å²) in [4.78, 5) is 0. The van der Waals surface area contributed by atoms with Crippen molar-refractivity contribution in [1.29, 1.82) is 0 Å². The monoisotopic (exact) mass is 143 g/mol. The topological polar surface area (TPSA) is 32.3 Å². The Balaban J connectivity index is 3.48. The van der Waals surface area contributed by atoms with Crippen LogP contribution < -0.4 is 5.32 Å². The maximum absolute atomic E-state index is 8.59. The molecule has 2 nitrogen and oxygen atoms in total. The van der Waals surface area contributed by atoms with Crippen molar-refractivity contribution in [3.05, 3.63) is 12.2 Å². The molecule has 0 rings (SSSR count). The minimum absolute atomic E-state index is 0.250. The van der Waals surface area contributed by atoms with Gasteiger partial charge in [-0.05, 0) is 19.9 Å². The molecule has 0 aromatic heterocycles. The molecule has 2 heteroatoms. The summed E-state index contributed by atoms with van der Waals surface area (Å²) >= 11 is 0. The first-order chi connectivity index (χ1) is 4.85. The molecule has 0 bridgehead atoms. The second-order valence-electron chi connectivity index (χ2n) is 2.24. The van der Waals surface area contributed by atoms with Crippen molar-refractivity contribution in [3.8, 4) is 0 Å². The van der Waals surface area contributed by atoms with Gasteiger partial charge in [-0.25, -0.2) is 0 Å². The largest absolute Gasteiger partial charge is 0.396 e. The zero-order chi connectivity index (χ0) is 7.82. The molecule has 60 valence electrons. The predicted molar refractivity (Wildman–Crippen MR) is 44.0 cm³/mol. The molecule has 1 atom stereocenters. The van der Waals surface area contributed by atoms with E-state index in [-0.39, 0.29) is 6.61 Å². The second kappa shape index (κ2) is 6.78. The van der Waals surface area contributed by atoms with E-state index in [1.807, 2.05) is 7.05 Å². The molecule has 0 spiro atoms. The van der Waals surface area contributed by atoms with Gasteiger partial charge in [-0.1, -0.05) is 19.1 Å². The zero-order valence-corrected chi connectivity index (χ0v) is 6.80. The van der Waals surface area contributed by atoms with Crippen LogP contribution in [0.25, 0.3) is 0 Å². The highest BCUT2D eigenvalue weighted by atomic mass is 16.3. The average Bonchev–Trinajstić information content (AvgIpc) is 1.98.